The normalized spacial score (nSPS) is 12.6. The summed E-state index contributed by atoms with van der Waals surface area (Å²) in [7, 11) is 0. The maximum absolute atomic E-state index is 8.16. The summed E-state index contributed by atoms with van der Waals surface area (Å²) in [5.74, 6) is 0. The molecule has 0 radical (unpaired) electrons. The molecule has 2 nitrogen and oxygen atoms in total. The first kappa shape index (κ1) is 8.45. The molecule has 0 saturated heterocycles. The number of hydrogen-bond donors (Lipinski definition) is 1. The Labute approximate surface area is 56.9 Å². The summed E-state index contributed by atoms with van der Waals surface area (Å²) in [6.07, 6.45) is 1.75. The maximum atomic E-state index is 8.16. The minimum Gasteiger partial charge on any atom is -0.313 e. The van der Waals surface area contributed by atoms with Crippen molar-refractivity contribution in [1.29, 1.82) is 5.26 Å². The quantitative estimate of drug-likeness (QED) is 0.576. The third-order valence-electron chi connectivity index (χ3n) is 1.34. The molecule has 0 bridgehead atoms. The van der Waals surface area contributed by atoms with Crippen molar-refractivity contribution >= 4 is 0 Å². The van der Waals surface area contributed by atoms with Crippen molar-refractivity contribution in [3.63, 3.8) is 0 Å². The molecule has 0 aliphatic carbocycles. The van der Waals surface area contributed by atoms with Gasteiger partial charge in [-0.05, 0) is 13.3 Å². The Morgan fingerprint density at radius 2 is 2.33 bits per heavy atom. The molecular formula is C7H14N2. The molecule has 1 atom stereocenters. The fourth-order valence-corrected chi connectivity index (χ4v) is 0.519. The number of rotatable bonds is 4. The average molecular weight is 126 g/mol. The SMILES string of the molecule is CC[C@@H](C)NCCC#N. The summed E-state index contributed by atoms with van der Waals surface area (Å²) in [5.41, 5.74) is 0. The lowest BCUT2D eigenvalue weighted by molar-refractivity contribution is 0.542. The van der Waals surface area contributed by atoms with Crippen molar-refractivity contribution in [2.24, 2.45) is 0 Å². The van der Waals surface area contributed by atoms with Gasteiger partial charge in [0.2, 0.25) is 0 Å². The van der Waals surface area contributed by atoms with Crippen molar-refractivity contribution in [3.05, 3.63) is 0 Å². The smallest absolute Gasteiger partial charge is 0.0635 e. The second kappa shape index (κ2) is 5.58. The van der Waals surface area contributed by atoms with Crippen LogP contribution in [-0.4, -0.2) is 12.6 Å². The summed E-state index contributed by atoms with van der Waals surface area (Å²) in [6.45, 7) is 5.08. The van der Waals surface area contributed by atoms with Crippen molar-refractivity contribution in [2.45, 2.75) is 32.7 Å². The first-order valence-electron chi connectivity index (χ1n) is 3.41. The monoisotopic (exact) mass is 126 g/mol. The standard InChI is InChI=1S/C7H14N2/c1-3-7(2)9-6-4-5-8/h7,9H,3-4,6H2,1-2H3/t7-/m1/s1. The van der Waals surface area contributed by atoms with Gasteiger partial charge in [-0.1, -0.05) is 6.92 Å². The Kier molecular flexibility index (Phi) is 5.24. The highest BCUT2D eigenvalue weighted by molar-refractivity contribution is 4.71. The molecule has 0 fully saturated rings. The van der Waals surface area contributed by atoms with Gasteiger partial charge in [-0.15, -0.1) is 0 Å². The second-order valence-corrected chi connectivity index (χ2v) is 2.17. The molecule has 0 aromatic rings. The minimum absolute atomic E-state index is 0.554. The zero-order valence-electron chi connectivity index (χ0n) is 6.15. The molecular weight excluding hydrogens is 112 g/mol. The number of nitrogens with one attached hydrogen (secondary N) is 1. The zero-order valence-corrected chi connectivity index (χ0v) is 6.15. The van der Waals surface area contributed by atoms with E-state index in [0.717, 1.165) is 13.0 Å². The molecule has 0 spiro atoms. The fourth-order valence-electron chi connectivity index (χ4n) is 0.519. The Bertz CT molecular complexity index is 93.6. The van der Waals surface area contributed by atoms with Crippen LogP contribution in [0.5, 0.6) is 0 Å². The predicted octanol–water partition coefficient (Wildman–Crippen LogP) is 1.29. The first-order chi connectivity index (χ1) is 4.31. The van der Waals surface area contributed by atoms with Crippen LogP contribution >= 0.6 is 0 Å². The lowest BCUT2D eigenvalue weighted by Gasteiger charge is -2.07. The Morgan fingerprint density at radius 3 is 2.78 bits per heavy atom. The topological polar surface area (TPSA) is 35.8 Å². The van der Waals surface area contributed by atoms with Gasteiger partial charge in [0.05, 0.1) is 6.07 Å². The molecule has 1 N–H and O–H groups in total. The van der Waals surface area contributed by atoms with E-state index in [1.807, 2.05) is 0 Å². The molecule has 0 unspecified atom stereocenters. The number of nitriles is 1. The third-order valence-corrected chi connectivity index (χ3v) is 1.34. The van der Waals surface area contributed by atoms with E-state index >= 15 is 0 Å². The van der Waals surface area contributed by atoms with Crippen LogP contribution in [0.15, 0.2) is 0 Å². The van der Waals surface area contributed by atoms with Gasteiger partial charge in [0.15, 0.2) is 0 Å². The van der Waals surface area contributed by atoms with Gasteiger partial charge >= 0.3 is 0 Å². The molecule has 52 valence electrons. The van der Waals surface area contributed by atoms with E-state index in [0.29, 0.717) is 12.5 Å². The molecule has 0 amide bonds. The summed E-state index contributed by atoms with van der Waals surface area (Å²) in [5, 5.41) is 11.4. The molecule has 0 aliphatic rings. The number of hydrogen-bond acceptors (Lipinski definition) is 2. The molecule has 0 heterocycles. The van der Waals surface area contributed by atoms with Crippen molar-refractivity contribution < 1.29 is 0 Å². The molecule has 0 aliphatic heterocycles. The highest BCUT2D eigenvalue weighted by Crippen LogP contribution is 1.86. The van der Waals surface area contributed by atoms with Gasteiger partial charge < -0.3 is 5.32 Å². The van der Waals surface area contributed by atoms with Crippen LogP contribution in [0, 0.1) is 11.3 Å². The lowest BCUT2D eigenvalue weighted by atomic mass is 10.2. The van der Waals surface area contributed by atoms with E-state index in [4.69, 9.17) is 5.26 Å². The van der Waals surface area contributed by atoms with Crippen LogP contribution in [0.3, 0.4) is 0 Å². The van der Waals surface area contributed by atoms with Crippen molar-refractivity contribution in [2.75, 3.05) is 6.54 Å². The van der Waals surface area contributed by atoms with Gasteiger partial charge in [-0.2, -0.15) is 5.26 Å². The summed E-state index contributed by atoms with van der Waals surface area (Å²) < 4.78 is 0. The third kappa shape index (κ3) is 5.32. The highest BCUT2D eigenvalue weighted by Gasteiger charge is 1.93. The van der Waals surface area contributed by atoms with Crippen molar-refractivity contribution in [1.82, 2.24) is 5.32 Å². The van der Waals surface area contributed by atoms with E-state index in [9.17, 15) is 0 Å². The van der Waals surface area contributed by atoms with Crippen LogP contribution in [0.4, 0.5) is 0 Å². The van der Waals surface area contributed by atoms with Gasteiger partial charge in [0.1, 0.15) is 0 Å². The minimum atomic E-state index is 0.554. The van der Waals surface area contributed by atoms with E-state index in [-0.39, 0.29) is 0 Å². The van der Waals surface area contributed by atoms with Gasteiger partial charge in [-0.3, -0.25) is 0 Å². The van der Waals surface area contributed by atoms with E-state index < -0.39 is 0 Å². The van der Waals surface area contributed by atoms with Crippen LogP contribution < -0.4 is 5.32 Å². The predicted molar refractivity (Wildman–Crippen MR) is 38.0 cm³/mol. The first-order valence-corrected chi connectivity index (χ1v) is 3.41. The number of nitrogens with zero attached hydrogens (tertiary/aromatic N) is 1. The van der Waals surface area contributed by atoms with Crippen LogP contribution in [0.2, 0.25) is 0 Å². The maximum Gasteiger partial charge on any atom is 0.0635 e. The molecule has 9 heavy (non-hydrogen) atoms. The van der Waals surface area contributed by atoms with Gasteiger partial charge in [-0.25, -0.2) is 0 Å². The van der Waals surface area contributed by atoms with Gasteiger partial charge in [0.25, 0.3) is 0 Å². The van der Waals surface area contributed by atoms with Crippen LogP contribution in [0.25, 0.3) is 0 Å². The molecule has 2 heteroatoms. The zero-order chi connectivity index (χ0) is 7.11. The van der Waals surface area contributed by atoms with Crippen LogP contribution in [-0.2, 0) is 0 Å². The molecule has 0 rings (SSSR count). The van der Waals surface area contributed by atoms with Crippen molar-refractivity contribution in [3.8, 4) is 6.07 Å². The molecule has 0 aromatic heterocycles. The molecule has 0 saturated carbocycles. The van der Waals surface area contributed by atoms with E-state index in [1.165, 1.54) is 0 Å². The summed E-state index contributed by atoms with van der Waals surface area (Å²) in [4.78, 5) is 0. The van der Waals surface area contributed by atoms with Gasteiger partial charge in [0, 0.05) is 19.0 Å². The Balaban J connectivity index is 2.99. The lowest BCUT2D eigenvalue weighted by Crippen LogP contribution is -2.25. The van der Waals surface area contributed by atoms with E-state index in [1.54, 1.807) is 0 Å². The molecule has 0 aromatic carbocycles. The summed E-state index contributed by atoms with van der Waals surface area (Å²) in [6, 6.07) is 2.64. The average Bonchev–Trinajstić information content (AvgIpc) is 1.89. The fraction of sp³-hybridized carbons (Fsp3) is 0.857. The summed E-state index contributed by atoms with van der Waals surface area (Å²) >= 11 is 0. The van der Waals surface area contributed by atoms with Crippen LogP contribution in [0.1, 0.15) is 26.7 Å². The Hall–Kier alpha value is -0.550. The second-order valence-electron chi connectivity index (χ2n) is 2.17. The van der Waals surface area contributed by atoms with E-state index in [2.05, 4.69) is 25.2 Å². The largest absolute Gasteiger partial charge is 0.313 e. The highest BCUT2D eigenvalue weighted by atomic mass is 14.9. The Morgan fingerprint density at radius 1 is 1.67 bits per heavy atom.